The summed E-state index contributed by atoms with van der Waals surface area (Å²) >= 11 is 1.34. The molecule has 0 aliphatic rings. The molecular weight excluding hydrogens is 310 g/mol. The number of nitrogens with zero attached hydrogens (tertiary/aromatic N) is 2. The van der Waals surface area contributed by atoms with Crippen molar-refractivity contribution in [3.05, 3.63) is 45.9 Å². The van der Waals surface area contributed by atoms with Crippen LogP contribution in [0.3, 0.4) is 0 Å². The van der Waals surface area contributed by atoms with Gasteiger partial charge in [-0.1, -0.05) is 18.2 Å². The lowest BCUT2D eigenvalue weighted by molar-refractivity contribution is 0.0967. The van der Waals surface area contributed by atoms with Crippen LogP contribution < -0.4 is 10.1 Å². The Hall–Kier alpha value is -2.65. The summed E-state index contributed by atoms with van der Waals surface area (Å²) in [5.41, 5.74) is 0.986. The van der Waals surface area contributed by atoms with E-state index in [1.165, 1.54) is 11.3 Å². The van der Waals surface area contributed by atoms with Gasteiger partial charge in [0.2, 0.25) is 0 Å². The summed E-state index contributed by atoms with van der Waals surface area (Å²) in [5.74, 6) is 0.644. The third kappa shape index (κ3) is 5.24. The van der Waals surface area contributed by atoms with Crippen molar-refractivity contribution in [2.24, 2.45) is 0 Å². The van der Waals surface area contributed by atoms with Gasteiger partial charge >= 0.3 is 0 Å². The molecule has 0 atom stereocenters. The second-order valence-electron chi connectivity index (χ2n) is 4.66. The van der Waals surface area contributed by atoms with Gasteiger partial charge in [0.05, 0.1) is 18.9 Å². The van der Waals surface area contributed by atoms with Gasteiger partial charge in [-0.15, -0.1) is 11.3 Å². The minimum absolute atomic E-state index is 0.130. The summed E-state index contributed by atoms with van der Waals surface area (Å²) < 4.78 is 5.60. The molecular formula is C17H17N3O2S. The maximum absolute atomic E-state index is 11.5. The number of aromatic nitrogens is 1. The van der Waals surface area contributed by atoms with E-state index in [1.54, 1.807) is 13.2 Å². The van der Waals surface area contributed by atoms with Gasteiger partial charge in [-0.25, -0.2) is 4.98 Å². The Balaban J connectivity index is 1.98. The molecule has 23 heavy (non-hydrogen) atoms. The van der Waals surface area contributed by atoms with Crippen LogP contribution in [0, 0.1) is 11.3 Å². The Morgan fingerprint density at radius 3 is 3.13 bits per heavy atom. The zero-order valence-electron chi connectivity index (χ0n) is 12.8. The summed E-state index contributed by atoms with van der Waals surface area (Å²) in [5, 5.41) is 11.8. The van der Waals surface area contributed by atoms with E-state index < -0.39 is 0 Å². The molecule has 0 saturated heterocycles. The molecule has 0 spiro atoms. The molecule has 0 fully saturated rings. The highest BCUT2D eigenvalue weighted by molar-refractivity contribution is 7.14. The van der Waals surface area contributed by atoms with E-state index in [4.69, 9.17) is 10.00 Å². The van der Waals surface area contributed by atoms with Crippen LogP contribution >= 0.6 is 11.3 Å². The fourth-order valence-electron chi connectivity index (χ4n) is 1.81. The van der Waals surface area contributed by atoms with Gasteiger partial charge in [0, 0.05) is 13.5 Å². The first-order valence-corrected chi connectivity index (χ1v) is 8.00. The second kappa shape index (κ2) is 8.71. The lowest BCUT2D eigenvalue weighted by Crippen LogP contribution is -2.16. The molecule has 6 heteroatoms. The average Bonchev–Trinajstić information content (AvgIpc) is 3.06. The standard InChI is InChI=1S/C17H17N3O2S/c1-19-17(21)15-12-20-16(23-15)8-7-13-5-4-6-14(11-13)22-10-3-2-9-18/h4-8,11-12H,2-3,10H2,1H3,(H,19,21). The maximum Gasteiger partial charge on any atom is 0.262 e. The minimum atomic E-state index is -0.130. The van der Waals surface area contributed by atoms with E-state index in [-0.39, 0.29) is 5.91 Å². The fraction of sp³-hybridized carbons (Fsp3) is 0.235. The Morgan fingerprint density at radius 1 is 1.48 bits per heavy atom. The molecule has 1 aromatic carbocycles. The van der Waals surface area contributed by atoms with Crippen molar-refractivity contribution in [1.29, 1.82) is 5.26 Å². The molecule has 0 saturated carbocycles. The lowest BCUT2D eigenvalue weighted by atomic mass is 10.2. The topological polar surface area (TPSA) is 75.0 Å². The van der Waals surface area contributed by atoms with Crippen molar-refractivity contribution >= 4 is 29.4 Å². The van der Waals surface area contributed by atoms with Crippen molar-refractivity contribution in [2.45, 2.75) is 12.8 Å². The maximum atomic E-state index is 11.5. The fourth-order valence-corrected chi connectivity index (χ4v) is 2.58. The number of hydrogen-bond acceptors (Lipinski definition) is 5. The van der Waals surface area contributed by atoms with E-state index in [9.17, 15) is 4.79 Å². The highest BCUT2D eigenvalue weighted by Gasteiger charge is 2.06. The zero-order chi connectivity index (χ0) is 16.5. The monoisotopic (exact) mass is 327 g/mol. The highest BCUT2D eigenvalue weighted by Crippen LogP contribution is 2.18. The van der Waals surface area contributed by atoms with Crippen molar-refractivity contribution in [3.63, 3.8) is 0 Å². The molecule has 0 unspecified atom stereocenters. The van der Waals surface area contributed by atoms with Gasteiger partial charge < -0.3 is 10.1 Å². The van der Waals surface area contributed by atoms with Crippen LogP contribution in [-0.2, 0) is 0 Å². The van der Waals surface area contributed by atoms with E-state index in [2.05, 4.69) is 16.4 Å². The first kappa shape index (κ1) is 16.7. The van der Waals surface area contributed by atoms with Gasteiger partial charge in [-0.05, 0) is 30.2 Å². The van der Waals surface area contributed by atoms with Gasteiger partial charge in [0.15, 0.2) is 0 Å². The minimum Gasteiger partial charge on any atom is -0.494 e. The van der Waals surface area contributed by atoms with E-state index in [0.29, 0.717) is 17.9 Å². The normalized spacial score (nSPS) is 10.4. The molecule has 2 aromatic rings. The Labute approximate surface area is 139 Å². The summed E-state index contributed by atoms with van der Waals surface area (Å²) in [7, 11) is 1.60. The predicted octanol–water partition coefficient (Wildman–Crippen LogP) is 3.36. The van der Waals surface area contributed by atoms with Crippen LogP contribution in [0.5, 0.6) is 5.75 Å². The van der Waals surface area contributed by atoms with Crippen LogP contribution in [0.2, 0.25) is 0 Å². The highest BCUT2D eigenvalue weighted by atomic mass is 32.1. The van der Waals surface area contributed by atoms with Crippen LogP contribution in [0.1, 0.15) is 33.1 Å². The molecule has 0 bridgehead atoms. The average molecular weight is 327 g/mol. The summed E-state index contributed by atoms with van der Waals surface area (Å²) in [6.45, 7) is 0.530. The number of benzene rings is 1. The molecule has 118 valence electrons. The zero-order valence-corrected chi connectivity index (χ0v) is 13.6. The third-order valence-corrected chi connectivity index (χ3v) is 3.91. The number of nitriles is 1. The number of unbranched alkanes of at least 4 members (excludes halogenated alkanes) is 1. The third-order valence-electron chi connectivity index (χ3n) is 2.95. The number of ether oxygens (including phenoxy) is 1. The van der Waals surface area contributed by atoms with Gasteiger partial charge in [0.25, 0.3) is 5.91 Å². The molecule has 0 radical (unpaired) electrons. The van der Waals surface area contributed by atoms with Gasteiger partial charge in [0.1, 0.15) is 15.6 Å². The molecule has 5 nitrogen and oxygen atoms in total. The first-order valence-electron chi connectivity index (χ1n) is 7.18. The molecule has 1 aromatic heterocycles. The second-order valence-corrected chi connectivity index (χ2v) is 5.72. The van der Waals surface area contributed by atoms with Gasteiger partial charge in [-0.3, -0.25) is 4.79 Å². The number of nitrogens with one attached hydrogen (secondary N) is 1. The first-order chi connectivity index (χ1) is 11.2. The molecule has 1 heterocycles. The molecule has 0 aliphatic carbocycles. The van der Waals surface area contributed by atoms with Crippen molar-refractivity contribution in [3.8, 4) is 11.8 Å². The number of rotatable bonds is 7. The molecule has 0 aliphatic heterocycles. The van der Waals surface area contributed by atoms with Crippen LogP contribution in [-0.4, -0.2) is 24.5 Å². The largest absolute Gasteiger partial charge is 0.494 e. The molecule has 1 amide bonds. The summed E-state index contributed by atoms with van der Waals surface area (Å²) in [6, 6.07) is 9.78. The summed E-state index contributed by atoms with van der Waals surface area (Å²) in [4.78, 5) is 16.3. The SMILES string of the molecule is CNC(=O)c1cnc(C=Cc2cccc(OCCCC#N)c2)s1. The Kier molecular flexibility index (Phi) is 6.33. The van der Waals surface area contributed by atoms with Crippen molar-refractivity contribution in [2.75, 3.05) is 13.7 Å². The Bertz CT molecular complexity index is 731. The van der Waals surface area contributed by atoms with Crippen LogP contribution in [0.25, 0.3) is 12.2 Å². The number of amides is 1. The quantitative estimate of drug-likeness (QED) is 0.791. The Morgan fingerprint density at radius 2 is 2.35 bits per heavy atom. The van der Waals surface area contributed by atoms with Crippen molar-refractivity contribution in [1.82, 2.24) is 10.3 Å². The lowest BCUT2D eigenvalue weighted by Gasteiger charge is -2.05. The smallest absolute Gasteiger partial charge is 0.262 e. The van der Waals surface area contributed by atoms with Crippen LogP contribution in [0.4, 0.5) is 0 Å². The van der Waals surface area contributed by atoms with E-state index in [0.717, 1.165) is 22.7 Å². The van der Waals surface area contributed by atoms with Crippen molar-refractivity contribution < 1.29 is 9.53 Å². The van der Waals surface area contributed by atoms with Crippen LogP contribution in [0.15, 0.2) is 30.5 Å². The molecule has 2 rings (SSSR count). The number of hydrogen-bond donors (Lipinski definition) is 1. The van der Waals surface area contributed by atoms with E-state index >= 15 is 0 Å². The predicted molar refractivity (Wildman–Crippen MR) is 91.2 cm³/mol. The number of carbonyl (C=O) groups is 1. The van der Waals surface area contributed by atoms with Gasteiger partial charge in [-0.2, -0.15) is 5.26 Å². The number of carbonyl (C=O) groups excluding carboxylic acids is 1. The van der Waals surface area contributed by atoms with E-state index in [1.807, 2.05) is 36.4 Å². The summed E-state index contributed by atoms with van der Waals surface area (Å²) in [6.07, 6.45) is 6.58. The molecule has 1 N–H and O–H groups in total. The number of thiazole rings is 1.